The van der Waals surface area contributed by atoms with E-state index in [-0.39, 0.29) is 0 Å². The summed E-state index contributed by atoms with van der Waals surface area (Å²) >= 11 is 0. The fourth-order valence-corrected chi connectivity index (χ4v) is 1.75. The van der Waals surface area contributed by atoms with E-state index in [4.69, 9.17) is 0 Å². The zero-order valence-electron chi connectivity index (χ0n) is 9.66. The molecule has 0 aliphatic carbocycles. The topological polar surface area (TPSA) is 3.88 Å². The van der Waals surface area contributed by atoms with E-state index in [1.807, 2.05) is 0 Å². The Labute approximate surface area is 87.8 Å². The Morgan fingerprint density at radius 2 is 2.00 bits per heavy atom. The second-order valence-corrected chi connectivity index (χ2v) is 4.18. The van der Waals surface area contributed by atoms with Gasteiger partial charge in [-0.1, -0.05) is 33.3 Å². The molecule has 1 aromatic rings. The molecule has 0 saturated carbocycles. The van der Waals surface area contributed by atoms with E-state index in [9.17, 15) is 0 Å². The van der Waals surface area contributed by atoms with Crippen molar-refractivity contribution in [3.63, 3.8) is 0 Å². The minimum absolute atomic E-state index is 0.623. The van der Waals surface area contributed by atoms with E-state index >= 15 is 0 Å². The van der Waals surface area contributed by atoms with Crippen LogP contribution in [0, 0.1) is 0 Å². The summed E-state index contributed by atoms with van der Waals surface area (Å²) in [5, 5.41) is 0. The normalized spacial score (nSPS) is 10.9. The Bertz CT molecular complexity index is 266. The van der Waals surface area contributed by atoms with Crippen molar-refractivity contribution in [2.24, 2.45) is 0 Å². The van der Waals surface area contributed by atoms with E-state index in [1.165, 1.54) is 31.5 Å². The van der Waals surface area contributed by atoms with Crippen LogP contribution >= 0.6 is 0 Å². The third-order valence-electron chi connectivity index (χ3n) is 2.57. The van der Waals surface area contributed by atoms with Gasteiger partial charge in [0.05, 0.1) is 0 Å². The van der Waals surface area contributed by atoms with Crippen LogP contribution in [0.1, 0.15) is 51.6 Å². The van der Waals surface area contributed by atoms with Crippen molar-refractivity contribution in [3.05, 3.63) is 30.1 Å². The average Bonchev–Trinajstić information content (AvgIpc) is 2.19. The summed E-state index contributed by atoms with van der Waals surface area (Å²) in [5.74, 6) is 0.623. The molecule has 1 heteroatoms. The molecule has 0 radical (unpaired) electrons. The van der Waals surface area contributed by atoms with Crippen LogP contribution in [0.5, 0.6) is 0 Å². The highest BCUT2D eigenvalue weighted by Crippen LogP contribution is 2.08. The van der Waals surface area contributed by atoms with Gasteiger partial charge in [-0.25, -0.2) is 4.57 Å². The summed E-state index contributed by atoms with van der Waals surface area (Å²) in [4.78, 5) is 0. The molecule has 14 heavy (non-hydrogen) atoms. The standard InChI is InChI=1S/C13H22N/c1-4-5-7-10-14-11-8-6-9-13(14)12(2)3/h6,8-9,11-12H,4-5,7,10H2,1-3H3/q+1. The van der Waals surface area contributed by atoms with Crippen molar-refractivity contribution < 1.29 is 4.57 Å². The van der Waals surface area contributed by atoms with Crippen molar-refractivity contribution in [3.8, 4) is 0 Å². The van der Waals surface area contributed by atoms with Crippen LogP contribution in [0.25, 0.3) is 0 Å². The molecule has 1 heterocycles. The van der Waals surface area contributed by atoms with Gasteiger partial charge in [0.25, 0.3) is 0 Å². The Hall–Kier alpha value is -0.850. The number of hydrogen-bond acceptors (Lipinski definition) is 0. The van der Waals surface area contributed by atoms with Gasteiger partial charge in [-0.05, 0) is 6.42 Å². The van der Waals surface area contributed by atoms with E-state index in [0.29, 0.717) is 5.92 Å². The summed E-state index contributed by atoms with van der Waals surface area (Å²) in [6.45, 7) is 7.93. The first kappa shape index (κ1) is 11.2. The second-order valence-electron chi connectivity index (χ2n) is 4.18. The molecular formula is C13H22N+. The van der Waals surface area contributed by atoms with Gasteiger partial charge >= 0.3 is 0 Å². The Morgan fingerprint density at radius 3 is 2.64 bits per heavy atom. The molecule has 0 N–H and O–H groups in total. The molecular weight excluding hydrogens is 170 g/mol. The molecule has 0 spiro atoms. The lowest BCUT2D eigenvalue weighted by molar-refractivity contribution is -0.705. The molecule has 0 aromatic carbocycles. The molecule has 0 atom stereocenters. The lowest BCUT2D eigenvalue weighted by Gasteiger charge is -2.05. The Kier molecular flexibility index (Phi) is 4.64. The average molecular weight is 192 g/mol. The van der Waals surface area contributed by atoms with Crippen molar-refractivity contribution in [2.45, 2.75) is 52.5 Å². The van der Waals surface area contributed by atoms with Gasteiger partial charge in [0.2, 0.25) is 0 Å². The van der Waals surface area contributed by atoms with Gasteiger partial charge in [-0.15, -0.1) is 0 Å². The lowest BCUT2D eigenvalue weighted by Crippen LogP contribution is -2.38. The molecule has 0 amide bonds. The first-order valence-corrected chi connectivity index (χ1v) is 5.74. The maximum absolute atomic E-state index is 2.39. The lowest BCUT2D eigenvalue weighted by atomic mass is 10.1. The van der Waals surface area contributed by atoms with Gasteiger partial charge in [0.1, 0.15) is 6.54 Å². The van der Waals surface area contributed by atoms with Crippen LogP contribution in [-0.2, 0) is 6.54 Å². The van der Waals surface area contributed by atoms with Gasteiger partial charge in [-0.2, -0.15) is 0 Å². The molecule has 1 nitrogen and oxygen atoms in total. The number of aryl methyl sites for hydroxylation is 1. The van der Waals surface area contributed by atoms with Gasteiger partial charge in [0, 0.05) is 24.5 Å². The number of aromatic nitrogens is 1. The number of hydrogen-bond donors (Lipinski definition) is 0. The number of nitrogens with zero attached hydrogens (tertiary/aromatic N) is 1. The zero-order chi connectivity index (χ0) is 10.4. The highest BCUT2D eigenvalue weighted by atomic mass is 15.0. The predicted octanol–water partition coefficient (Wildman–Crippen LogP) is 3.29. The van der Waals surface area contributed by atoms with E-state index in [2.05, 4.69) is 49.7 Å². The van der Waals surface area contributed by atoms with Crippen LogP contribution < -0.4 is 4.57 Å². The number of rotatable bonds is 5. The van der Waals surface area contributed by atoms with Crippen molar-refractivity contribution in [1.82, 2.24) is 0 Å². The van der Waals surface area contributed by atoms with Crippen LogP contribution in [0.4, 0.5) is 0 Å². The minimum Gasteiger partial charge on any atom is -0.202 e. The monoisotopic (exact) mass is 192 g/mol. The van der Waals surface area contributed by atoms with Gasteiger partial charge in [0.15, 0.2) is 11.9 Å². The Morgan fingerprint density at radius 1 is 1.21 bits per heavy atom. The quantitative estimate of drug-likeness (QED) is 0.498. The predicted molar refractivity (Wildman–Crippen MR) is 60.3 cm³/mol. The summed E-state index contributed by atoms with van der Waals surface area (Å²) < 4.78 is 2.39. The van der Waals surface area contributed by atoms with Crippen LogP contribution in [0.15, 0.2) is 24.4 Å². The molecule has 0 fully saturated rings. The summed E-state index contributed by atoms with van der Waals surface area (Å²) in [5.41, 5.74) is 1.45. The van der Waals surface area contributed by atoms with Crippen molar-refractivity contribution in [2.75, 3.05) is 0 Å². The van der Waals surface area contributed by atoms with Crippen LogP contribution in [0.3, 0.4) is 0 Å². The number of unbranched alkanes of at least 4 members (excludes halogenated alkanes) is 2. The third-order valence-corrected chi connectivity index (χ3v) is 2.57. The molecule has 1 aromatic heterocycles. The molecule has 0 aliphatic heterocycles. The largest absolute Gasteiger partial charge is 0.202 e. The van der Waals surface area contributed by atoms with E-state index < -0.39 is 0 Å². The van der Waals surface area contributed by atoms with Gasteiger partial charge in [-0.3, -0.25) is 0 Å². The van der Waals surface area contributed by atoms with Crippen LogP contribution in [0.2, 0.25) is 0 Å². The second kappa shape index (κ2) is 5.79. The molecule has 0 aliphatic rings. The summed E-state index contributed by atoms with van der Waals surface area (Å²) in [6.07, 6.45) is 6.12. The summed E-state index contributed by atoms with van der Waals surface area (Å²) in [7, 11) is 0. The van der Waals surface area contributed by atoms with Crippen LogP contribution in [-0.4, -0.2) is 0 Å². The highest BCUT2D eigenvalue weighted by Gasteiger charge is 2.11. The minimum atomic E-state index is 0.623. The number of pyridine rings is 1. The first-order valence-electron chi connectivity index (χ1n) is 5.74. The molecule has 1 rings (SSSR count). The fourth-order valence-electron chi connectivity index (χ4n) is 1.75. The van der Waals surface area contributed by atoms with Crippen molar-refractivity contribution >= 4 is 0 Å². The first-order chi connectivity index (χ1) is 6.75. The SMILES string of the molecule is CCCCC[n+]1ccccc1C(C)C. The fraction of sp³-hybridized carbons (Fsp3) is 0.615. The summed E-state index contributed by atoms with van der Waals surface area (Å²) in [6, 6.07) is 6.49. The molecule has 0 bridgehead atoms. The molecule has 78 valence electrons. The van der Waals surface area contributed by atoms with E-state index in [1.54, 1.807) is 0 Å². The highest BCUT2D eigenvalue weighted by molar-refractivity contribution is 5.01. The van der Waals surface area contributed by atoms with E-state index in [0.717, 1.165) is 0 Å². The molecule has 0 unspecified atom stereocenters. The third kappa shape index (κ3) is 3.13. The van der Waals surface area contributed by atoms with Gasteiger partial charge < -0.3 is 0 Å². The maximum atomic E-state index is 2.39. The Balaban J connectivity index is 2.64. The maximum Gasteiger partial charge on any atom is 0.183 e. The molecule has 0 saturated heterocycles. The smallest absolute Gasteiger partial charge is 0.183 e. The van der Waals surface area contributed by atoms with Crippen molar-refractivity contribution in [1.29, 1.82) is 0 Å². The zero-order valence-corrected chi connectivity index (χ0v) is 9.66.